The number of carbonyl (C=O) groups excluding carboxylic acids is 1. The van der Waals surface area contributed by atoms with Gasteiger partial charge in [-0.2, -0.15) is 17.2 Å². The predicted molar refractivity (Wildman–Crippen MR) is 80.4 cm³/mol. The lowest BCUT2D eigenvalue weighted by atomic mass is 10.0. The molecular weight excluding hydrogens is 344 g/mol. The monoisotopic (exact) mass is 355 g/mol. The first-order chi connectivity index (χ1) is 11.4. The third kappa shape index (κ3) is 3.76. The normalized spacial score (nSPS) is 11.0. The highest BCUT2D eigenvalue weighted by molar-refractivity contribution is 7.90. The largest absolute Gasteiger partial charge is 0.497 e. The van der Waals surface area contributed by atoms with Crippen LogP contribution in [0.3, 0.4) is 0 Å². The standard InChI is InChI=1S/C15H11F2NO5S/c1-22-10-6-7-14(24(20,21)18-9-19)12(8-10)11-4-2-3-5-13(11)23-15(16)17/h2-8,15H,1H3. The molecule has 0 fully saturated rings. The molecule has 126 valence electrons. The van der Waals surface area contributed by atoms with Crippen LogP contribution in [0, 0.1) is 0 Å². The first-order valence-corrected chi connectivity index (χ1v) is 7.89. The zero-order valence-corrected chi connectivity index (χ0v) is 13.1. The summed E-state index contributed by atoms with van der Waals surface area (Å²) in [6.45, 7) is -3.09. The summed E-state index contributed by atoms with van der Waals surface area (Å²) >= 11 is 0. The molecule has 0 N–H and O–H groups in total. The number of isocyanates is 1. The van der Waals surface area contributed by atoms with Crippen molar-refractivity contribution in [3.8, 4) is 22.6 Å². The van der Waals surface area contributed by atoms with Crippen molar-refractivity contribution in [1.29, 1.82) is 0 Å². The summed E-state index contributed by atoms with van der Waals surface area (Å²) in [7, 11) is -3.00. The first-order valence-electron chi connectivity index (χ1n) is 6.45. The minimum absolute atomic E-state index is 0.00426. The molecule has 0 spiro atoms. The zero-order chi connectivity index (χ0) is 17.7. The molecule has 24 heavy (non-hydrogen) atoms. The quantitative estimate of drug-likeness (QED) is 0.588. The zero-order valence-electron chi connectivity index (χ0n) is 12.3. The van der Waals surface area contributed by atoms with Crippen molar-refractivity contribution in [2.75, 3.05) is 7.11 Å². The van der Waals surface area contributed by atoms with Crippen LogP contribution >= 0.6 is 0 Å². The maximum absolute atomic E-state index is 12.6. The number of para-hydroxylation sites is 1. The van der Waals surface area contributed by atoms with E-state index < -0.39 is 16.6 Å². The summed E-state index contributed by atoms with van der Waals surface area (Å²) < 4.78 is 61.6. The van der Waals surface area contributed by atoms with Gasteiger partial charge >= 0.3 is 6.61 Å². The van der Waals surface area contributed by atoms with Crippen LogP contribution < -0.4 is 9.47 Å². The molecule has 0 atom stereocenters. The molecule has 0 bridgehead atoms. The van der Waals surface area contributed by atoms with Gasteiger partial charge in [0, 0.05) is 11.1 Å². The number of hydrogen-bond acceptors (Lipinski definition) is 5. The van der Waals surface area contributed by atoms with Gasteiger partial charge in [-0.1, -0.05) is 22.6 Å². The SMILES string of the molecule is COc1ccc(S(=O)(=O)N=C=O)c(-c2ccccc2OC(F)F)c1. The minimum atomic E-state index is -4.36. The van der Waals surface area contributed by atoms with Crippen molar-refractivity contribution in [2.24, 2.45) is 4.40 Å². The number of methoxy groups -OCH3 is 1. The molecule has 9 heteroatoms. The molecule has 0 heterocycles. The van der Waals surface area contributed by atoms with Gasteiger partial charge < -0.3 is 9.47 Å². The van der Waals surface area contributed by atoms with E-state index in [0.717, 1.165) is 12.1 Å². The highest BCUT2D eigenvalue weighted by Gasteiger charge is 2.22. The van der Waals surface area contributed by atoms with Gasteiger partial charge in [-0.3, -0.25) is 0 Å². The number of sulfonamides is 1. The number of halogens is 2. The molecule has 2 rings (SSSR count). The molecule has 0 aliphatic heterocycles. The fourth-order valence-corrected chi connectivity index (χ4v) is 2.94. The molecule has 2 aromatic rings. The summed E-state index contributed by atoms with van der Waals surface area (Å²) in [5.41, 5.74) is 0.0842. The summed E-state index contributed by atoms with van der Waals surface area (Å²) in [6, 6.07) is 9.46. The van der Waals surface area contributed by atoms with Crippen LogP contribution in [0.5, 0.6) is 11.5 Å². The van der Waals surface area contributed by atoms with Gasteiger partial charge in [0.05, 0.1) is 12.0 Å². The van der Waals surface area contributed by atoms with Crippen LogP contribution in [0.25, 0.3) is 11.1 Å². The van der Waals surface area contributed by atoms with Gasteiger partial charge in [0.1, 0.15) is 11.5 Å². The second-order valence-electron chi connectivity index (χ2n) is 4.39. The number of ether oxygens (including phenoxy) is 2. The summed E-state index contributed by atoms with van der Waals surface area (Å²) in [5, 5.41) is 0. The Labute approximate surface area is 136 Å². The number of hydrogen-bond donors (Lipinski definition) is 0. The lowest BCUT2D eigenvalue weighted by Gasteiger charge is -2.14. The third-order valence-corrected chi connectivity index (χ3v) is 4.24. The molecule has 0 amide bonds. The van der Waals surface area contributed by atoms with Crippen LogP contribution in [0.4, 0.5) is 8.78 Å². The van der Waals surface area contributed by atoms with Crippen LogP contribution in [-0.4, -0.2) is 28.2 Å². The minimum Gasteiger partial charge on any atom is -0.497 e. The fourth-order valence-electron chi connectivity index (χ4n) is 2.06. The highest BCUT2D eigenvalue weighted by Crippen LogP contribution is 2.37. The van der Waals surface area contributed by atoms with E-state index >= 15 is 0 Å². The van der Waals surface area contributed by atoms with Crippen molar-refractivity contribution < 1.29 is 31.5 Å². The van der Waals surface area contributed by atoms with Crippen LogP contribution in [0.2, 0.25) is 0 Å². The molecule has 0 saturated heterocycles. The van der Waals surface area contributed by atoms with Gasteiger partial charge in [0.2, 0.25) is 0 Å². The van der Waals surface area contributed by atoms with Gasteiger partial charge in [-0.05, 0) is 24.3 Å². The molecule has 6 nitrogen and oxygen atoms in total. The van der Waals surface area contributed by atoms with Crippen molar-refractivity contribution in [3.05, 3.63) is 42.5 Å². The van der Waals surface area contributed by atoms with E-state index in [4.69, 9.17) is 4.74 Å². The van der Waals surface area contributed by atoms with Crippen molar-refractivity contribution in [2.45, 2.75) is 11.5 Å². The molecule has 2 aromatic carbocycles. The maximum atomic E-state index is 12.6. The Morgan fingerprint density at radius 3 is 2.46 bits per heavy atom. The second kappa shape index (κ2) is 7.20. The fraction of sp³-hybridized carbons (Fsp3) is 0.133. The molecule has 0 radical (unpaired) electrons. The molecular formula is C15H11F2NO5S. The first kappa shape index (κ1) is 17.6. The molecule has 0 unspecified atom stereocenters. The van der Waals surface area contributed by atoms with E-state index in [1.165, 1.54) is 43.5 Å². The van der Waals surface area contributed by atoms with Crippen molar-refractivity contribution >= 4 is 16.1 Å². The van der Waals surface area contributed by atoms with Gasteiger partial charge in [0.15, 0.2) is 0 Å². The Balaban J connectivity index is 2.76. The average Bonchev–Trinajstić information content (AvgIpc) is 2.54. The van der Waals surface area contributed by atoms with E-state index in [1.807, 2.05) is 0 Å². The van der Waals surface area contributed by atoms with Gasteiger partial charge in [0.25, 0.3) is 16.1 Å². The topological polar surface area (TPSA) is 82.0 Å². The van der Waals surface area contributed by atoms with E-state index in [1.54, 1.807) is 0 Å². The lowest BCUT2D eigenvalue weighted by Crippen LogP contribution is -2.05. The van der Waals surface area contributed by atoms with E-state index in [-0.39, 0.29) is 27.5 Å². The molecule has 0 aromatic heterocycles. The van der Waals surface area contributed by atoms with Crippen LogP contribution in [0.15, 0.2) is 51.8 Å². The van der Waals surface area contributed by atoms with E-state index in [0.29, 0.717) is 0 Å². The summed E-state index contributed by atoms with van der Waals surface area (Å²) in [5.74, 6) is 0.0539. The lowest BCUT2D eigenvalue weighted by molar-refractivity contribution is -0.0494. The predicted octanol–water partition coefficient (Wildman–Crippen LogP) is 2.99. The Morgan fingerprint density at radius 1 is 1.12 bits per heavy atom. The van der Waals surface area contributed by atoms with E-state index in [9.17, 15) is 22.0 Å². The second-order valence-corrected chi connectivity index (χ2v) is 5.97. The number of benzene rings is 2. The maximum Gasteiger partial charge on any atom is 0.387 e. The Kier molecular flexibility index (Phi) is 5.28. The third-order valence-electron chi connectivity index (χ3n) is 3.02. The Hall–Kier alpha value is -2.77. The number of rotatable bonds is 6. The number of alkyl halides is 2. The summed E-state index contributed by atoms with van der Waals surface area (Å²) in [6.07, 6.45) is 0.965. The van der Waals surface area contributed by atoms with Crippen LogP contribution in [-0.2, 0) is 14.8 Å². The van der Waals surface area contributed by atoms with Crippen molar-refractivity contribution in [3.63, 3.8) is 0 Å². The average molecular weight is 355 g/mol. The summed E-state index contributed by atoms with van der Waals surface area (Å²) in [4.78, 5) is 9.99. The van der Waals surface area contributed by atoms with E-state index in [2.05, 4.69) is 9.13 Å². The Morgan fingerprint density at radius 2 is 1.83 bits per heavy atom. The highest BCUT2D eigenvalue weighted by atomic mass is 32.2. The Bertz CT molecular complexity index is 892. The smallest absolute Gasteiger partial charge is 0.387 e. The van der Waals surface area contributed by atoms with Crippen LogP contribution in [0.1, 0.15) is 0 Å². The van der Waals surface area contributed by atoms with Gasteiger partial charge in [-0.25, -0.2) is 4.79 Å². The van der Waals surface area contributed by atoms with Gasteiger partial charge in [-0.15, -0.1) is 0 Å². The molecule has 0 aliphatic carbocycles. The molecule has 0 aliphatic rings. The molecule has 0 saturated carbocycles. The van der Waals surface area contributed by atoms with Crippen molar-refractivity contribution in [1.82, 2.24) is 0 Å². The number of nitrogens with zero attached hydrogens (tertiary/aromatic N) is 1.